The van der Waals surface area contributed by atoms with Gasteiger partial charge in [0.2, 0.25) is 0 Å². The Hall–Kier alpha value is -0.388. The van der Waals surface area contributed by atoms with E-state index in [0.29, 0.717) is 5.41 Å². The Kier molecular flexibility index (Phi) is 5.78. The predicted molar refractivity (Wildman–Crippen MR) is 93.8 cm³/mol. The summed E-state index contributed by atoms with van der Waals surface area (Å²) in [5, 5.41) is 3.34. The molecular weight excluding hydrogens is 535 g/mol. The Morgan fingerprint density at radius 3 is 2.85 bits per heavy atom. The molecule has 0 aromatic carbocycles. The van der Waals surface area contributed by atoms with Crippen LogP contribution in [0.5, 0.6) is 5.75 Å². The molecule has 1 aliphatic carbocycles. The number of fused-ring (bicyclic) bond motifs is 1. The van der Waals surface area contributed by atoms with Crippen molar-refractivity contribution in [2.24, 2.45) is 5.41 Å². The van der Waals surface area contributed by atoms with E-state index in [0.717, 1.165) is 85.8 Å². The van der Waals surface area contributed by atoms with Gasteiger partial charge >= 0.3 is 169 Å². The second-order valence-electron chi connectivity index (χ2n) is 7.59. The van der Waals surface area contributed by atoms with Gasteiger partial charge < -0.3 is 0 Å². The molecule has 0 amide bonds. The second-order valence-corrected chi connectivity index (χ2v) is 8.82. The number of alkyl halides is 2. The summed E-state index contributed by atoms with van der Waals surface area (Å²) in [6.07, 6.45) is 2.67. The number of aromatic nitrogens is 1. The summed E-state index contributed by atoms with van der Waals surface area (Å²) in [5.74, 6) is 0.868. The number of rotatable bonds is 7. The summed E-state index contributed by atoms with van der Waals surface area (Å²) in [6.45, 7) is 2.84. The molecule has 8 heteroatoms. The molecule has 3 aliphatic rings. The average molecular weight is 560 g/mol. The van der Waals surface area contributed by atoms with E-state index < -0.39 is 13.0 Å². The molecule has 1 atom stereocenters. The summed E-state index contributed by atoms with van der Waals surface area (Å²) >= 11 is 1.03. The Bertz CT molecular complexity index is 637. The van der Waals surface area contributed by atoms with Crippen LogP contribution in [0.2, 0.25) is 0 Å². The van der Waals surface area contributed by atoms with Crippen LogP contribution in [-0.2, 0) is 11.2 Å². The quantitative estimate of drug-likeness (QED) is 0.514. The molecule has 3 heterocycles. The molecule has 5 nitrogen and oxygen atoms in total. The zero-order chi connectivity index (χ0) is 18.1. The van der Waals surface area contributed by atoms with Crippen molar-refractivity contribution >= 4 is 25.8 Å². The zero-order valence-electron chi connectivity index (χ0n) is 14.7. The van der Waals surface area contributed by atoms with Gasteiger partial charge in [0.1, 0.15) is 0 Å². The Labute approximate surface area is 168 Å². The van der Waals surface area contributed by atoms with Crippen molar-refractivity contribution in [3.8, 4) is 5.75 Å². The van der Waals surface area contributed by atoms with Crippen LogP contribution in [0.1, 0.15) is 30.1 Å². The fraction of sp³-hybridized carbons (Fsp3) is 0.722. The molecule has 1 aromatic rings. The van der Waals surface area contributed by atoms with Crippen molar-refractivity contribution in [1.82, 2.24) is 15.2 Å². The first-order chi connectivity index (χ1) is 12.6. The average Bonchev–Trinajstić information content (AvgIpc) is 2.55. The Morgan fingerprint density at radius 1 is 1.38 bits per heavy atom. The van der Waals surface area contributed by atoms with Crippen LogP contribution in [0.4, 0.5) is 8.78 Å². The molecule has 1 saturated heterocycles. The van der Waals surface area contributed by atoms with Gasteiger partial charge in [-0.2, -0.15) is 0 Å². The van der Waals surface area contributed by atoms with E-state index in [9.17, 15) is 8.78 Å². The number of hydrogen-bond acceptors (Lipinski definition) is 5. The maximum atomic E-state index is 12.5. The van der Waals surface area contributed by atoms with E-state index in [1.54, 1.807) is 6.20 Å². The number of nitrogens with one attached hydrogen (secondary N) is 1. The molecule has 1 spiro atoms. The fourth-order valence-corrected chi connectivity index (χ4v) is 5.80. The van der Waals surface area contributed by atoms with E-state index in [1.807, 2.05) is 6.07 Å². The predicted octanol–water partition coefficient (Wildman–Crippen LogP) is 1.52. The number of nitrogens with zero attached hydrogens (tertiary/aromatic N) is 2. The van der Waals surface area contributed by atoms with Crippen LogP contribution in [-0.4, -0.2) is 85.1 Å². The number of ether oxygens (including phenoxy) is 2. The standard InChI is InChI=1S/C18H24F2N3O2.Pb/c1-23-5-3-13-17(14(23)8-24-9-16(19)20)15(2-4-22-13)25-12-6-18(7-12)10-21-11-18;/h2,4,12,14,16,21H,1,3,5-11H2;. The van der Waals surface area contributed by atoms with Crippen LogP contribution in [0.25, 0.3) is 0 Å². The summed E-state index contributed by atoms with van der Waals surface area (Å²) in [5.41, 5.74) is 2.54. The summed E-state index contributed by atoms with van der Waals surface area (Å²) in [7, 11) is 0. The third-order valence-corrected chi connectivity index (χ3v) is 7.36. The maximum absolute atomic E-state index is 12.5. The number of hydrogen-bond donors (Lipinski definition) is 1. The van der Waals surface area contributed by atoms with Crippen molar-refractivity contribution in [3.05, 3.63) is 23.5 Å². The molecule has 3 radical (unpaired) electrons. The molecule has 1 saturated carbocycles. The monoisotopic (exact) mass is 560 g/mol. The van der Waals surface area contributed by atoms with Gasteiger partial charge in [0, 0.05) is 0 Å². The summed E-state index contributed by atoms with van der Waals surface area (Å²) in [6, 6.07) is 1.89. The van der Waals surface area contributed by atoms with E-state index >= 15 is 0 Å². The van der Waals surface area contributed by atoms with E-state index in [4.69, 9.17) is 9.47 Å². The normalized spacial score (nSPS) is 25.0. The minimum absolute atomic E-state index is 0.0434. The van der Waals surface area contributed by atoms with Gasteiger partial charge in [-0.1, -0.05) is 0 Å². The first-order valence-corrected chi connectivity index (χ1v) is 11.9. The van der Waals surface area contributed by atoms with Crippen LogP contribution in [0.3, 0.4) is 0 Å². The summed E-state index contributed by atoms with van der Waals surface area (Å²) in [4.78, 5) is 6.87. The molecular formula is C18H24F2N3O2Pb. The molecule has 141 valence electrons. The Morgan fingerprint density at radius 2 is 2.19 bits per heavy atom. The minimum atomic E-state index is -2.44. The SMILES string of the molecule is FC(F)COCC1c2c(OC3CC4(CNC4)C3)ccnc2CCN1[CH2][Pb]. The van der Waals surface area contributed by atoms with Crippen molar-refractivity contribution in [1.29, 1.82) is 0 Å². The van der Waals surface area contributed by atoms with Crippen LogP contribution < -0.4 is 10.1 Å². The van der Waals surface area contributed by atoms with Gasteiger partial charge in [0.15, 0.2) is 0 Å². The van der Waals surface area contributed by atoms with E-state index in [2.05, 4.69) is 15.2 Å². The third-order valence-electron chi connectivity index (χ3n) is 5.78. The van der Waals surface area contributed by atoms with Crippen LogP contribution in [0, 0.1) is 5.41 Å². The molecule has 2 fully saturated rings. The second kappa shape index (κ2) is 7.92. The van der Waals surface area contributed by atoms with Gasteiger partial charge in [0.05, 0.1) is 0 Å². The topological polar surface area (TPSA) is 46.6 Å². The molecule has 0 bridgehead atoms. The fourth-order valence-electron chi connectivity index (χ4n) is 4.33. The Balaban J connectivity index is 1.50. The van der Waals surface area contributed by atoms with Crippen molar-refractivity contribution in [2.45, 2.75) is 37.8 Å². The number of halogens is 2. The van der Waals surface area contributed by atoms with Crippen molar-refractivity contribution in [3.63, 3.8) is 0 Å². The molecule has 4 rings (SSSR count). The van der Waals surface area contributed by atoms with Crippen LogP contribution in [0.15, 0.2) is 12.3 Å². The third kappa shape index (κ3) is 3.77. The van der Waals surface area contributed by atoms with E-state index in [-0.39, 0.29) is 18.8 Å². The van der Waals surface area contributed by atoms with Crippen LogP contribution >= 0.6 is 0 Å². The summed E-state index contributed by atoms with van der Waals surface area (Å²) < 4.78 is 37.7. The molecule has 1 aromatic heterocycles. The number of pyridine rings is 1. The first kappa shape index (κ1) is 19.0. The van der Waals surface area contributed by atoms with Gasteiger partial charge in [-0.15, -0.1) is 0 Å². The molecule has 2 aliphatic heterocycles. The van der Waals surface area contributed by atoms with Gasteiger partial charge in [-0.3, -0.25) is 0 Å². The van der Waals surface area contributed by atoms with Gasteiger partial charge in [-0.05, 0) is 0 Å². The molecule has 1 N–H and O–H groups in total. The molecule has 1 unspecified atom stereocenters. The zero-order valence-corrected chi connectivity index (χ0v) is 18.6. The van der Waals surface area contributed by atoms with Crippen molar-refractivity contribution in [2.75, 3.05) is 37.0 Å². The van der Waals surface area contributed by atoms with E-state index in [1.165, 1.54) is 0 Å². The van der Waals surface area contributed by atoms with Gasteiger partial charge in [-0.25, -0.2) is 0 Å². The molecule has 26 heavy (non-hydrogen) atoms. The first-order valence-electron chi connectivity index (χ1n) is 9.20. The van der Waals surface area contributed by atoms with Gasteiger partial charge in [0.25, 0.3) is 0 Å². The van der Waals surface area contributed by atoms with Crippen molar-refractivity contribution < 1.29 is 18.3 Å².